The van der Waals surface area contributed by atoms with E-state index in [-0.39, 0.29) is 24.3 Å². The standard InChI is InChI=1S/C35H64O6/c1-3-4-5-6-7-8-9-10-11-12-16-19-22-31(36)32(37)24-25-33(38)34-26-23-30(41-34)21-18-15-13-14-17-20-29-27-28(2)40-35(29)39/h27-28,30-34,36-38H,3-26H2,1-2H3/t28-,30+,31+,32-,33+,34-/m1/s1. The van der Waals surface area contributed by atoms with Crippen LogP contribution in [-0.2, 0) is 14.3 Å². The molecule has 2 heterocycles. The minimum atomic E-state index is -0.770. The molecule has 0 bridgehead atoms. The third-order valence-corrected chi connectivity index (χ3v) is 9.09. The Labute approximate surface area is 251 Å². The lowest BCUT2D eigenvalue weighted by atomic mass is 9.97. The van der Waals surface area contributed by atoms with Gasteiger partial charge in [0.15, 0.2) is 0 Å². The largest absolute Gasteiger partial charge is 0.455 e. The van der Waals surface area contributed by atoms with Crippen LogP contribution in [0.4, 0.5) is 0 Å². The molecule has 6 heteroatoms. The van der Waals surface area contributed by atoms with Crippen LogP contribution in [0.15, 0.2) is 11.6 Å². The maximum absolute atomic E-state index is 11.6. The monoisotopic (exact) mass is 580 g/mol. The lowest BCUT2D eigenvalue weighted by Crippen LogP contribution is -2.31. The van der Waals surface area contributed by atoms with Crippen LogP contribution in [0.5, 0.6) is 0 Å². The van der Waals surface area contributed by atoms with Crippen LogP contribution >= 0.6 is 0 Å². The second kappa shape index (κ2) is 22.6. The Hall–Kier alpha value is -0.950. The molecule has 240 valence electrons. The zero-order valence-corrected chi connectivity index (χ0v) is 26.6. The van der Waals surface area contributed by atoms with Crippen LogP contribution in [0.1, 0.15) is 168 Å². The number of hydrogen-bond donors (Lipinski definition) is 3. The number of cyclic esters (lactones) is 1. The topological polar surface area (TPSA) is 96.2 Å². The summed E-state index contributed by atoms with van der Waals surface area (Å²) in [5.74, 6) is -0.145. The smallest absolute Gasteiger partial charge is 0.334 e. The third-order valence-electron chi connectivity index (χ3n) is 9.09. The normalized spacial score (nSPS) is 23.0. The highest BCUT2D eigenvalue weighted by atomic mass is 16.5. The first-order valence-corrected chi connectivity index (χ1v) is 17.5. The van der Waals surface area contributed by atoms with E-state index in [1.54, 1.807) is 0 Å². The van der Waals surface area contributed by atoms with Gasteiger partial charge in [0.1, 0.15) is 6.10 Å². The lowest BCUT2D eigenvalue weighted by molar-refractivity contribution is -0.139. The summed E-state index contributed by atoms with van der Waals surface area (Å²) in [7, 11) is 0. The quantitative estimate of drug-likeness (QED) is 0.0707. The molecule has 1 fully saturated rings. The maximum Gasteiger partial charge on any atom is 0.334 e. The Morgan fingerprint density at radius 3 is 1.90 bits per heavy atom. The van der Waals surface area contributed by atoms with Gasteiger partial charge in [0.2, 0.25) is 0 Å². The Morgan fingerprint density at radius 2 is 1.29 bits per heavy atom. The van der Waals surface area contributed by atoms with Crippen molar-refractivity contribution in [2.24, 2.45) is 0 Å². The molecule has 1 saturated heterocycles. The van der Waals surface area contributed by atoms with E-state index in [1.165, 1.54) is 64.2 Å². The summed E-state index contributed by atoms with van der Waals surface area (Å²) in [6.45, 7) is 4.16. The Balaban J connectivity index is 1.40. The van der Waals surface area contributed by atoms with E-state index in [2.05, 4.69) is 6.92 Å². The van der Waals surface area contributed by atoms with E-state index < -0.39 is 18.3 Å². The first-order chi connectivity index (χ1) is 19.9. The third kappa shape index (κ3) is 16.5. The van der Waals surface area contributed by atoms with E-state index in [0.717, 1.165) is 76.2 Å². The molecule has 0 saturated carbocycles. The summed E-state index contributed by atoms with van der Waals surface area (Å²) in [4.78, 5) is 11.6. The molecule has 6 atom stereocenters. The SMILES string of the molecule is CCCCCCCCCCCCCC[C@H](O)[C@H](O)CC[C@H](O)[C@H]1CC[C@H](CCCCCCCC2=C[C@@H](C)OC2=O)O1. The van der Waals surface area contributed by atoms with Crippen molar-refractivity contribution in [2.45, 2.75) is 205 Å². The summed E-state index contributed by atoms with van der Waals surface area (Å²) in [6.07, 6.45) is 26.2. The van der Waals surface area contributed by atoms with Crippen molar-refractivity contribution in [3.8, 4) is 0 Å². The van der Waals surface area contributed by atoms with E-state index in [9.17, 15) is 20.1 Å². The predicted molar refractivity (Wildman–Crippen MR) is 167 cm³/mol. The van der Waals surface area contributed by atoms with Crippen molar-refractivity contribution >= 4 is 5.97 Å². The van der Waals surface area contributed by atoms with Crippen molar-refractivity contribution in [3.63, 3.8) is 0 Å². The minimum absolute atomic E-state index is 0.0724. The van der Waals surface area contributed by atoms with Crippen molar-refractivity contribution < 1.29 is 29.6 Å². The average Bonchev–Trinajstić information content (AvgIpc) is 3.56. The van der Waals surface area contributed by atoms with Gasteiger partial charge < -0.3 is 24.8 Å². The van der Waals surface area contributed by atoms with Crippen LogP contribution < -0.4 is 0 Å². The van der Waals surface area contributed by atoms with Gasteiger partial charge >= 0.3 is 5.97 Å². The first-order valence-electron chi connectivity index (χ1n) is 17.5. The predicted octanol–water partition coefficient (Wildman–Crippen LogP) is 8.09. The molecular weight excluding hydrogens is 516 g/mol. The van der Waals surface area contributed by atoms with Crippen LogP contribution in [0, 0.1) is 0 Å². The summed E-state index contributed by atoms with van der Waals surface area (Å²) in [6, 6.07) is 0. The van der Waals surface area contributed by atoms with E-state index in [1.807, 2.05) is 13.0 Å². The highest BCUT2D eigenvalue weighted by molar-refractivity contribution is 5.90. The summed E-state index contributed by atoms with van der Waals surface area (Å²) < 4.78 is 11.3. The Morgan fingerprint density at radius 1 is 0.732 bits per heavy atom. The lowest BCUT2D eigenvalue weighted by Gasteiger charge is -2.22. The molecule has 0 spiro atoms. The molecule has 2 aliphatic rings. The van der Waals surface area contributed by atoms with Gasteiger partial charge in [0.25, 0.3) is 0 Å². The second-order valence-electron chi connectivity index (χ2n) is 12.9. The van der Waals surface area contributed by atoms with Gasteiger partial charge in [-0.2, -0.15) is 0 Å². The van der Waals surface area contributed by atoms with Crippen LogP contribution in [0.2, 0.25) is 0 Å². The fourth-order valence-electron chi connectivity index (χ4n) is 6.37. The highest BCUT2D eigenvalue weighted by Crippen LogP contribution is 2.28. The molecule has 2 rings (SSSR count). The number of carbonyl (C=O) groups is 1. The second-order valence-corrected chi connectivity index (χ2v) is 12.9. The van der Waals surface area contributed by atoms with Gasteiger partial charge in [0.05, 0.1) is 30.5 Å². The molecule has 41 heavy (non-hydrogen) atoms. The number of aliphatic hydroxyl groups is 3. The molecule has 2 aliphatic heterocycles. The van der Waals surface area contributed by atoms with Gasteiger partial charge in [-0.25, -0.2) is 4.79 Å². The number of carbonyl (C=O) groups excluding carboxylic acids is 1. The van der Waals surface area contributed by atoms with Gasteiger partial charge in [-0.05, 0) is 64.4 Å². The molecule has 0 aromatic rings. The zero-order valence-electron chi connectivity index (χ0n) is 26.6. The highest BCUT2D eigenvalue weighted by Gasteiger charge is 2.31. The first kappa shape index (κ1) is 36.2. The molecule has 0 unspecified atom stereocenters. The number of unbranched alkanes of at least 4 members (excludes halogenated alkanes) is 15. The minimum Gasteiger partial charge on any atom is -0.455 e. The number of esters is 1. The number of aliphatic hydroxyl groups excluding tert-OH is 3. The van der Waals surface area contributed by atoms with Gasteiger partial charge in [-0.15, -0.1) is 0 Å². The molecule has 0 radical (unpaired) electrons. The molecular formula is C35H64O6. The summed E-state index contributed by atoms with van der Waals surface area (Å²) in [5, 5.41) is 31.4. The van der Waals surface area contributed by atoms with Gasteiger partial charge in [-0.3, -0.25) is 0 Å². The number of ether oxygens (including phenoxy) is 2. The maximum atomic E-state index is 11.6. The van der Waals surface area contributed by atoms with Crippen LogP contribution in [0.3, 0.4) is 0 Å². The van der Waals surface area contributed by atoms with Gasteiger partial charge in [-0.1, -0.05) is 110 Å². The number of hydrogen-bond acceptors (Lipinski definition) is 6. The van der Waals surface area contributed by atoms with Crippen LogP contribution in [0.25, 0.3) is 0 Å². The Bertz CT molecular complexity index is 694. The fraction of sp³-hybridized carbons (Fsp3) is 0.914. The summed E-state index contributed by atoms with van der Waals surface area (Å²) in [5.41, 5.74) is 0.836. The van der Waals surface area contributed by atoms with Crippen molar-refractivity contribution in [3.05, 3.63) is 11.6 Å². The summed E-state index contributed by atoms with van der Waals surface area (Å²) >= 11 is 0. The molecule has 0 aromatic heterocycles. The molecule has 6 nitrogen and oxygen atoms in total. The van der Waals surface area contributed by atoms with E-state index in [4.69, 9.17) is 9.47 Å². The Kier molecular flexibility index (Phi) is 20.0. The fourth-order valence-corrected chi connectivity index (χ4v) is 6.37. The molecule has 0 aromatic carbocycles. The van der Waals surface area contributed by atoms with E-state index >= 15 is 0 Å². The molecule has 0 aliphatic carbocycles. The van der Waals surface area contributed by atoms with E-state index in [0.29, 0.717) is 19.3 Å². The van der Waals surface area contributed by atoms with Crippen molar-refractivity contribution in [1.29, 1.82) is 0 Å². The van der Waals surface area contributed by atoms with Gasteiger partial charge in [0, 0.05) is 5.57 Å². The molecule has 3 N–H and O–H groups in total. The average molecular weight is 581 g/mol. The number of rotatable bonds is 26. The molecule has 0 amide bonds. The zero-order chi connectivity index (χ0) is 29.7. The van der Waals surface area contributed by atoms with Crippen LogP contribution in [-0.4, -0.2) is 57.9 Å². The van der Waals surface area contributed by atoms with Crippen molar-refractivity contribution in [2.75, 3.05) is 0 Å². The van der Waals surface area contributed by atoms with Crippen molar-refractivity contribution in [1.82, 2.24) is 0 Å².